The highest BCUT2D eigenvalue weighted by Gasteiger charge is 2.25. The van der Waals surface area contributed by atoms with Crippen LogP contribution in [0.15, 0.2) is 30.4 Å². The maximum Gasteiger partial charge on any atom is 0.231 e. The summed E-state index contributed by atoms with van der Waals surface area (Å²) in [7, 11) is 0. The number of carbonyl (C=O) groups is 1. The van der Waals surface area contributed by atoms with E-state index in [4.69, 9.17) is 4.74 Å². The Morgan fingerprint density at radius 2 is 2.29 bits per heavy atom. The first kappa shape index (κ1) is 11.7. The monoisotopic (exact) mass is 231 g/mol. The molecule has 0 spiro atoms. The molecule has 90 valence electrons. The summed E-state index contributed by atoms with van der Waals surface area (Å²) in [5.74, 6) is 0.969. The first-order chi connectivity index (χ1) is 8.11. The quantitative estimate of drug-likeness (QED) is 0.745. The number of likely N-dealkylation sites (N-methyl/N-ethyl adjacent to an activating group) is 1. The lowest BCUT2D eigenvalue weighted by atomic mass is 10.1. The normalized spacial score (nSPS) is 13.8. The lowest BCUT2D eigenvalue weighted by Crippen LogP contribution is -2.25. The molecule has 1 heterocycles. The van der Waals surface area contributed by atoms with Crippen molar-refractivity contribution in [2.24, 2.45) is 0 Å². The van der Waals surface area contributed by atoms with Gasteiger partial charge in [0, 0.05) is 12.2 Å². The first-order valence-corrected chi connectivity index (χ1v) is 5.82. The Labute approximate surface area is 102 Å². The van der Waals surface area contributed by atoms with E-state index >= 15 is 0 Å². The number of fused-ring (bicyclic) bond motifs is 1. The van der Waals surface area contributed by atoms with E-state index in [9.17, 15) is 4.79 Å². The topological polar surface area (TPSA) is 29.5 Å². The summed E-state index contributed by atoms with van der Waals surface area (Å²) in [6.45, 7) is 8.94. The average Bonchev–Trinajstić information content (AvgIpc) is 2.60. The molecular weight excluding hydrogens is 214 g/mol. The van der Waals surface area contributed by atoms with Gasteiger partial charge >= 0.3 is 0 Å². The van der Waals surface area contributed by atoms with Crippen LogP contribution in [0.1, 0.15) is 19.4 Å². The predicted octanol–water partition coefficient (Wildman–Crippen LogP) is 2.55. The maximum atomic E-state index is 11.7. The van der Waals surface area contributed by atoms with Gasteiger partial charge in [0.2, 0.25) is 5.91 Å². The van der Waals surface area contributed by atoms with E-state index in [0.717, 1.165) is 29.1 Å². The number of hydrogen-bond donors (Lipinski definition) is 0. The van der Waals surface area contributed by atoms with Crippen LogP contribution < -0.4 is 9.64 Å². The zero-order valence-corrected chi connectivity index (χ0v) is 10.3. The van der Waals surface area contributed by atoms with Crippen molar-refractivity contribution in [3.63, 3.8) is 0 Å². The Hall–Kier alpha value is -1.77. The van der Waals surface area contributed by atoms with Crippen LogP contribution in [-0.4, -0.2) is 19.1 Å². The van der Waals surface area contributed by atoms with Gasteiger partial charge in [-0.2, -0.15) is 0 Å². The van der Waals surface area contributed by atoms with E-state index in [1.165, 1.54) is 0 Å². The zero-order chi connectivity index (χ0) is 12.4. The lowest BCUT2D eigenvalue weighted by molar-refractivity contribution is -0.117. The summed E-state index contributed by atoms with van der Waals surface area (Å²) in [6, 6.07) is 5.81. The molecule has 3 nitrogen and oxygen atoms in total. The van der Waals surface area contributed by atoms with Crippen molar-refractivity contribution in [3.05, 3.63) is 35.9 Å². The van der Waals surface area contributed by atoms with E-state index in [0.29, 0.717) is 13.0 Å². The number of hydrogen-bond acceptors (Lipinski definition) is 2. The number of carbonyl (C=O) groups excluding carboxylic acids is 1. The Kier molecular flexibility index (Phi) is 3.18. The van der Waals surface area contributed by atoms with Crippen LogP contribution in [-0.2, 0) is 11.2 Å². The SMILES string of the molecule is C=C(C)COc1ccc2c(c1)CC(=O)N2CC. The minimum atomic E-state index is 0.166. The molecule has 1 amide bonds. The molecule has 0 unspecified atom stereocenters. The second kappa shape index (κ2) is 4.62. The zero-order valence-electron chi connectivity index (χ0n) is 10.3. The molecule has 0 aromatic heterocycles. The molecule has 0 saturated heterocycles. The van der Waals surface area contributed by atoms with Crippen LogP contribution in [0.5, 0.6) is 5.75 Å². The van der Waals surface area contributed by atoms with Crippen LogP contribution >= 0.6 is 0 Å². The van der Waals surface area contributed by atoms with Crippen LogP contribution in [0, 0.1) is 0 Å². The van der Waals surface area contributed by atoms with E-state index in [2.05, 4.69) is 6.58 Å². The molecule has 17 heavy (non-hydrogen) atoms. The summed E-state index contributed by atoms with van der Waals surface area (Å²) in [5, 5.41) is 0. The van der Waals surface area contributed by atoms with Crippen molar-refractivity contribution in [1.29, 1.82) is 0 Å². The van der Waals surface area contributed by atoms with Gasteiger partial charge in [0.05, 0.1) is 6.42 Å². The van der Waals surface area contributed by atoms with Gasteiger partial charge < -0.3 is 9.64 Å². The minimum absolute atomic E-state index is 0.166. The summed E-state index contributed by atoms with van der Waals surface area (Å²) < 4.78 is 5.57. The van der Waals surface area contributed by atoms with Crippen molar-refractivity contribution in [1.82, 2.24) is 0 Å². The predicted molar refractivity (Wildman–Crippen MR) is 68.5 cm³/mol. The smallest absolute Gasteiger partial charge is 0.231 e. The molecule has 1 aromatic rings. The van der Waals surface area contributed by atoms with Gasteiger partial charge in [0.25, 0.3) is 0 Å². The fourth-order valence-corrected chi connectivity index (χ4v) is 2.00. The molecule has 0 saturated carbocycles. The minimum Gasteiger partial charge on any atom is -0.489 e. The molecule has 2 rings (SSSR count). The van der Waals surface area contributed by atoms with Gasteiger partial charge in [0.15, 0.2) is 0 Å². The molecule has 0 fully saturated rings. The van der Waals surface area contributed by atoms with Gasteiger partial charge in [0.1, 0.15) is 12.4 Å². The first-order valence-electron chi connectivity index (χ1n) is 5.82. The van der Waals surface area contributed by atoms with Gasteiger partial charge in [-0.1, -0.05) is 6.58 Å². The third kappa shape index (κ3) is 2.33. The van der Waals surface area contributed by atoms with E-state index in [1.807, 2.05) is 32.0 Å². The molecule has 0 aliphatic carbocycles. The molecule has 0 radical (unpaired) electrons. The number of anilines is 1. The van der Waals surface area contributed by atoms with Crippen LogP contribution in [0.3, 0.4) is 0 Å². The highest BCUT2D eigenvalue weighted by molar-refractivity contribution is 6.01. The summed E-state index contributed by atoms with van der Waals surface area (Å²) in [4.78, 5) is 13.5. The molecule has 0 atom stereocenters. The fraction of sp³-hybridized carbons (Fsp3) is 0.357. The van der Waals surface area contributed by atoms with Gasteiger partial charge in [-0.15, -0.1) is 0 Å². The Bertz CT molecular complexity index is 465. The van der Waals surface area contributed by atoms with Crippen molar-refractivity contribution in [3.8, 4) is 5.75 Å². The third-order valence-corrected chi connectivity index (χ3v) is 2.79. The number of benzene rings is 1. The van der Waals surface area contributed by atoms with Crippen LogP contribution in [0.25, 0.3) is 0 Å². The average molecular weight is 231 g/mol. The standard InChI is InChI=1S/C14H17NO2/c1-4-15-13-6-5-12(17-9-10(2)3)7-11(13)8-14(15)16/h5-7H,2,4,8-9H2,1,3H3. The highest BCUT2D eigenvalue weighted by atomic mass is 16.5. The molecule has 3 heteroatoms. The maximum absolute atomic E-state index is 11.7. The number of ether oxygens (including phenoxy) is 1. The van der Waals surface area contributed by atoms with Crippen molar-refractivity contribution < 1.29 is 9.53 Å². The summed E-state index contributed by atoms with van der Waals surface area (Å²) >= 11 is 0. The van der Waals surface area contributed by atoms with Crippen molar-refractivity contribution in [2.45, 2.75) is 20.3 Å². The number of amides is 1. The molecule has 1 aromatic carbocycles. The lowest BCUT2D eigenvalue weighted by Gasteiger charge is -2.14. The fourth-order valence-electron chi connectivity index (χ4n) is 2.00. The molecule has 0 bridgehead atoms. The third-order valence-electron chi connectivity index (χ3n) is 2.79. The van der Waals surface area contributed by atoms with Crippen LogP contribution in [0.4, 0.5) is 5.69 Å². The van der Waals surface area contributed by atoms with Crippen molar-refractivity contribution >= 4 is 11.6 Å². The van der Waals surface area contributed by atoms with Crippen LogP contribution in [0.2, 0.25) is 0 Å². The summed E-state index contributed by atoms with van der Waals surface area (Å²) in [5.41, 5.74) is 3.05. The Morgan fingerprint density at radius 3 is 2.94 bits per heavy atom. The second-order valence-corrected chi connectivity index (χ2v) is 4.35. The van der Waals surface area contributed by atoms with E-state index in [1.54, 1.807) is 4.90 Å². The molecule has 0 N–H and O–H groups in total. The Morgan fingerprint density at radius 1 is 1.53 bits per heavy atom. The molecule has 1 aliphatic heterocycles. The largest absolute Gasteiger partial charge is 0.489 e. The van der Waals surface area contributed by atoms with Crippen molar-refractivity contribution in [2.75, 3.05) is 18.1 Å². The summed E-state index contributed by atoms with van der Waals surface area (Å²) in [6.07, 6.45) is 0.480. The number of nitrogens with zero attached hydrogens (tertiary/aromatic N) is 1. The second-order valence-electron chi connectivity index (χ2n) is 4.35. The highest BCUT2D eigenvalue weighted by Crippen LogP contribution is 2.31. The van der Waals surface area contributed by atoms with E-state index < -0.39 is 0 Å². The van der Waals surface area contributed by atoms with E-state index in [-0.39, 0.29) is 5.91 Å². The molecular formula is C14H17NO2. The Balaban J connectivity index is 2.19. The van der Waals surface area contributed by atoms with Gasteiger partial charge in [-0.05, 0) is 43.2 Å². The van der Waals surface area contributed by atoms with Gasteiger partial charge in [-0.25, -0.2) is 0 Å². The van der Waals surface area contributed by atoms with Gasteiger partial charge in [-0.3, -0.25) is 4.79 Å². The number of rotatable bonds is 4. The molecule has 1 aliphatic rings.